The first-order valence-electron chi connectivity index (χ1n) is 21.1. The summed E-state index contributed by atoms with van der Waals surface area (Å²) in [6.07, 6.45) is -3.25. The Hall–Kier alpha value is -7.71. The summed E-state index contributed by atoms with van der Waals surface area (Å²) in [6.45, 7) is 16.2. The van der Waals surface area contributed by atoms with Gasteiger partial charge in [0.25, 0.3) is 0 Å². The average Bonchev–Trinajstić information content (AvgIpc) is 3.30. The number of amides is 6. The number of anilines is 6. The number of carbonyl (C=O) groups is 6. The molecule has 6 amide bonds. The van der Waals surface area contributed by atoms with Gasteiger partial charge in [0.1, 0.15) is 19.8 Å². The first kappa shape index (κ1) is 52.6. The van der Waals surface area contributed by atoms with Crippen molar-refractivity contribution in [2.75, 3.05) is 51.7 Å². The third-order valence-electron chi connectivity index (χ3n) is 10.1. The van der Waals surface area contributed by atoms with Gasteiger partial charge in [0.15, 0.2) is 0 Å². The molecule has 21 nitrogen and oxygen atoms in total. The maximum Gasteiger partial charge on any atom is 0.437 e. The van der Waals surface area contributed by atoms with Gasteiger partial charge in [-0.25, -0.2) is 28.8 Å². The van der Waals surface area contributed by atoms with Crippen LogP contribution >= 0.6 is 0 Å². The highest BCUT2D eigenvalue weighted by atomic mass is 16.7. The highest BCUT2D eigenvalue weighted by Gasteiger charge is 2.35. The maximum absolute atomic E-state index is 13.3. The molecule has 0 aliphatic heterocycles. The van der Waals surface area contributed by atoms with Gasteiger partial charge in [-0.3, -0.25) is 46.4 Å². The molecule has 0 aromatic heterocycles. The van der Waals surface area contributed by atoms with E-state index in [0.29, 0.717) is 87.2 Å². The minimum Gasteiger partial charge on any atom is -0.448 e. The van der Waals surface area contributed by atoms with Crippen LogP contribution in [0.5, 0.6) is 0 Å². The minimum atomic E-state index is -1.30. The monoisotopic (exact) mass is 917 g/mol. The molecule has 0 aliphatic rings. The lowest BCUT2D eigenvalue weighted by atomic mass is 9.88. The summed E-state index contributed by atoms with van der Waals surface area (Å²) >= 11 is 0. The highest BCUT2D eigenvalue weighted by Crippen LogP contribution is 2.29. The predicted octanol–water partition coefficient (Wildman–Crippen LogP) is 11.1. The number of benzene rings is 3. The fourth-order valence-corrected chi connectivity index (χ4v) is 5.19. The Bertz CT molecular complexity index is 2060. The van der Waals surface area contributed by atoms with Crippen molar-refractivity contribution in [2.24, 2.45) is 20.9 Å². The average molecular weight is 918 g/mol. The predicted molar refractivity (Wildman–Crippen MR) is 252 cm³/mol. The molecule has 3 aromatic rings. The SMILES string of the molecule is CC/C(C)=N/OC(=O)Nc1cccc(NC(=O)OCC(CC)(COC(=O)Nc2cccc(NC(=O)O/N=C(\C)CC)c2C)COC(=O)Nc2cccc(NC(=O)O/N=C(\C)CC)c2C)c1C. The molecule has 0 heterocycles. The summed E-state index contributed by atoms with van der Waals surface area (Å²) < 4.78 is 17.0. The fourth-order valence-electron chi connectivity index (χ4n) is 5.19. The Morgan fingerprint density at radius 1 is 0.424 bits per heavy atom. The van der Waals surface area contributed by atoms with Gasteiger partial charge < -0.3 is 14.2 Å². The third-order valence-corrected chi connectivity index (χ3v) is 10.1. The lowest BCUT2D eigenvalue weighted by molar-refractivity contribution is -0.0104. The molecule has 0 fully saturated rings. The summed E-state index contributed by atoms with van der Waals surface area (Å²) in [5.74, 6) is 0. The van der Waals surface area contributed by atoms with Gasteiger partial charge in [-0.2, -0.15) is 0 Å². The van der Waals surface area contributed by atoms with Crippen molar-refractivity contribution in [1.82, 2.24) is 0 Å². The Balaban J connectivity index is 1.79. The van der Waals surface area contributed by atoms with Gasteiger partial charge in [-0.15, -0.1) is 0 Å². The van der Waals surface area contributed by atoms with Crippen molar-refractivity contribution in [3.05, 3.63) is 71.3 Å². The van der Waals surface area contributed by atoms with Crippen LogP contribution in [0.1, 0.15) is 90.8 Å². The second kappa shape index (κ2) is 26.2. The number of ether oxygens (including phenoxy) is 3. The van der Waals surface area contributed by atoms with Gasteiger partial charge in [-0.05, 0) is 120 Å². The van der Waals surface area contributed by atoms with E-state index in [1.54, 1.807) is 103 Å². The summed E-state index contributed by atoms with van der Waals surface area (Å²) in [4.78, 5) is 91.6. The van der Waals surface area contributed by atoms with Crippen LogP contribution in [0.2, 0.25) is 0 Å². The zero-order chi connectivity index (χ0) is 48.8. The van der Waals surface area contributed by atoms with Gasteiger partial charge in [0.2, 0.25) is 0 Å². The lowest BCUT2D eigenvalue weighted by Gasteiger charge is -2.31. The molecule has 0 saturated carbocycles. The third kappa shape index (κ3) is 17.1. The summed E-state index contributed by atoms with van der Waals surface area (Å²) in [5.41, 5.74) is 3.88. The molecule has 0 atom stereocenters. The van der Waals surface area contributed by atoms with Crippen molar-refractivity contribution < 1.29 is 57.5 Å². The van der Waals surface area contributed by atoms with Crippen molar-refractivity contribution in [3.63, 3.8) is 0 Å². The van der Waals surface area contributed by atoms with Crippen LogP contribution in [0.4, 0.5) is 62.9 Å². The van der Waals surface area contributed by atoms with Crippen LogP contribution in [0.15, 0.2) is 70.1 Å². The molecule has 0 spiro atoms. The molecule has 0 aliphatic carbocycles. The van der Waals surface area contributed by atoms with E-state index in [9.17, 15) is 28.8 Å². The Labute approximate surface area is 383 Å². The molecule has 6 N–H and O–H groups in total. The zero-order valence-corrected chi connectivity index (χ0v) is 38.9. The van der Waals surface area contributed by atoms with Crippen LogP contribution in [0.25, 0.3) is 0 Å². The molecular weight excluding hydrogens is 859 g/mol. The second-order valence-electron chi connectivity index (χ2n) is 14.9. The van der Waals surface area contributed by atoms with E-state index in [4.69, 9.17) is 28.7 Å². The van der Waals surface area contributed by atoms with Gasteiger partial charge >= 0.3 is 36.6 Å². The Kier molecular flexibility index (Phi) is 20.9. The Morgan fingerprint density at radius 3 is 0.864 bits per heavy atom. The highest BCUT2D eigenvalue weighted by molar-refractivity contribution is 5.94. The van der Waals surface area contributed by atoms with Crippen LogP contribution in [-0.4, -0.2) is 73.5 Å². The molecule has 3 rings (SSSR count). The van der Waals surface area contributed by atoms with E-state index >= 15 is 0 Å². The van der Waals surface area contributed by atoms with Crippen molar-refractivity contribution in [2.45, 2.75) is 94.9 Å². The Morgan fingerprint density at radius 2 is 0.652 bits per heavy atom. The van der Waals surface area contributed by atoms with E-state index in [1.807, 2.05) is 20.8 Å². The molecule has 66 heavy (non-hydrogen) atoms. The number of hydrogen-bond donors (Lipinski definition) is 6. The van der Waals surface area contributed by atoms with E-state index in [0.717, 1.165) is 0 Å². The van der Waals surface area contributed by atoms with Crippen LogP contribution < -0.4 is 31.9 Å². The first-order chi connectivity index (χ1) is 31.4. The van der Waals surface area contributed by atoms with Crippen LogP contribution in [0, 0.1) is 26.2 Å². The zero-order valence-electron chi connectivity index (χ0n) is 38.9. The molecule has 21 heteroatoms. The van der Waals surface area contributed by atoms with E-state index < -0.39 is 61.8 Å². The largest absolute Gasteiger partial charge is 0.448 e. The number of oxime groups is 3. The fraction of sp³-hybridized carbons (Fsp3) is 0.400. The normalized spacial score (nSPS) is 11.6. The molecule has 3 aromatic carbocycles. The number of hydrogen-bond acceptors (Lipinski definition) is 15. The van der Waals surface area contributed by atoms with E-state index in [1.165, 1.54) is 0 Å². The van der Waals surface area contributed by atoms with Crippen molar-refractivity contribution in [1.29, 1.82) is 0 Å². The van der Waals surface area contributed by atoms with Gasteiger partial charge in [0, 0.05) is 34.1 Å². The quantitative estimate of drug-likeness (QED) is 0.0284. The first-order valence-corrected chi connectivity index (χ1v) is 21.1. The summed E-state index contributed by atoms with van der Waals surface area (Å²) in [6, 6.07) is 14.4. The topological polar surface area (TPSA) is 267 Å². The standard InChI is InChI=1S/C45H59N9O12/c1-11-27(5)52-64-42(58)49-36-21-15-18-33(30(36)8)46-39(55)61-24-45(14-4,25-62-40(56)47-34-19-16-22-37(31(34)9)50-43(59)65-53-28(6)12-2)26-63-41(57)48-35-20-17-23-38(32(35)10)51-44(60)66-54-29(7)13-3/h15-23H,11-14,24-26H2,1-10H3,(H,46,55)(H,47,56)(H,48,57)(H,49,58)(H,50,59)(H,51,60)/b52-27+,53-28+,54-29+. The molecule has 0 bridgehead atoms. The number of nitrogens with one attached hydrogen (secondary N) is 6. The number of carbonyl (C=O) groups excluding carboxylic acids is 6. The van der Waals surface area contributed by atoms with E-state index in [-0.39, 0.29) is 6.42 Å². The molecule has 0 radical (unpaired) electrons. The molecule has 0 unspecified atom stereocenters. The molecule has 0 saturated heterocycles. The van der Waals surface area contributed by atoms with Crippen LogP contribution in [0.3, 0.4) is 0 Å². The molecule has 356 valence electrons. The number of nitrogens with zero attached hydrogens (tertiary/aromatic N) is 3. The van der Waals surface area contributed by atoms with Crippen molar-refractivity contribution >= 4 is 87.8 Å². The second-order valence-corrected chi connectivity index (χ2v) is 14.9. The van der Waals surface area contributed by atoms with E-state index in [2.05, 4.69) is 47.4 Å². The van der Waals surface area contributed by atoms with Gasteiger partial charge in [0.05, 0.1) is 22.6 Å². The summed E-state index contributed by atoms with van der Waals surface area (Å²) in [7, 11) is 0. The lowest BCUT2D eigenvalue weighted by Crippen LogP contribution is -2.40. The number of rotatable bonds is 19. The summed E-state index contributed by atoms with van der Waals surface area (Å²) in [5, 5.41) is 26.9. The minimum absolute atomic E-state index is 0.169. The van der Waals surface area contributed by atoms with Crippen LogP contribution in [-0.2, 0) is 28.7 Å². The molecular formula is C45H59N9O12. The van der Waals surface area contributed by atoms with Crippen molar-refractivity contribution in [3.8, 4) is 0 Å². The smallest absolute Gasteiger partial charge is 0.437 e. The maximum atomic E-state index is 13.3. The van der Waals surface area contributed by atoms with Gasteiger partial charge in [-0.1, -0.05) is 61.4 Å².